The molecule has 0 saturated carbocycles. The van der Waals surface area contributed by atoms with Gasteiger partial charge in [0.1, 0.15) is 0 Å². The smallest absolute Gasteiger partial charge is 0.0860 e. The number of ether oxygens (including phenoxy) is 1. The monoisotopic (exact) mass is 195 g/mol. The zero-order chi connectivity index (χ0) is 9.97. The van der Waals surface area contributed by atoms with Crippen LogP contribution in [0.4, 0.5) is 0 Å². The van der Waals surface area contributed by atoms with Gasteiger partial charge in [-0.1, -0.05) is 0 Å². The van der Waals surface area contributed by atoms with Gasteiger partial charge in [0.2, 0.25) is 0 Å². The van der Waals surface area contributed by atoms with E-state index < -0.39 is 0 Å². The SMILES string of the molecule is Cn1cc(C2CCC(CCN)O2)cn1. The van der Waals surface area contributed by atoms with Gasteiger partial charge in [0.05, 0.1) is 18.4 Å². The number of rotatable bonds is 3. The van der Waals surface area contributed by atoms with E-state index in [9.17, 15) is 0 Å². The summed E-state index contributed by atoms with van der Waals surface area (Å²) in [7, 11) is 1.93. The summed E-state index contributed by atoms with van der Waals surface area (Å²) in [5.74, 6) is 0. The Morgan fingerprint density at radius 3 is 3.14 bits per heavy atom. The van der Waals surface area contributed by atoms with Gasteiger partial charge in [-0.05, 0) is 25.8 Å². The van der Waals surface area contributed by atoms with Crippen LogP contribution in [0.25, 0.3) is 0 Å². The van der Waals surface area contributed by atoms with Crippen LogP contribution in [0.5, 0.6) is 0 Å². The van der Waals surface area contributed by atoms with Crippen LogP contribution in [0.15, 0.2) is 12.4 Å². The zero-order valence-corrected chi connectivity index (χ0v) is 8.52. The van der Waals surface area contributed by atoms with Crippen molar-refractivity contribution >= 4 is 0 Å². The van der Waals surface area contributed by atoms with Gasteiger partial charge in [-0.3, -0.25) is 4.68 Å². The lowest BCUT2D eigenvalue weighted by atomic mass is 10.1. The molecule has 1 aliphatic rings. The highest BCUT2D eigenvalue weighted by atomic mass is 16.5. The highest BCUT2D eigenvalue weighted by molar-refractivity contribution is 5.09. The molecule has 1 aliphatic heterocycles. The molecule has 2 heterocycles. The predicted octanol–water partition coefficient (Wildman–Crippen LogP) is 0.989. The summed E-state index contributed by atoms with van der Waals surface area (Å²) in [4.78, 5) is 0. The van der Waals surface area contributed by atoms with Crippen LogP contribution in [0.2, 0.25) is 0 Å². The summed E-state index contributed by atoms with van der Waals surface area (Å²) in [5, 5.41) is 4.14. The van der Waals surface area contributed by atoms with E-state index in [1.807, 2.05) is 24.1 Å². The van der Waals surface area contributed by atoms with Crippen LogP contribution in [-0.2, 0) is 11.8 Å². The standard InChI is InChI=1S/C10H17N3O/c1-13-7-8(6-12-13)10-3-2-9(14-10)4-5-11/h6-7,9-10H,2-5,11H2,1H3. The first-order valence-electron chi connectivity index (χ1n) is 5.13. The van der Waals surface area contributed by atoms with Crippen molar-refractivity contribution in [1.82, 2.24) is 9.78 Å². The Morgan fingerprint density at radius 1 is 1.64 bits per heavy atom. The highest BCUT2D eigenvalue weighted by Gasteiger charge is 2.26. The number of aromatic nitrogens is 2. The average Bonchev–Trinajstić information content (AvgIpc) is 2.74. The fraction of sp³-hybridized carbons (Fsp3) is 0.700. The summed E-state index contributed by atoms with van der Waals surface area (Å²) >= 11 is 0. The molecule has 0 aliphatic carbocycles. The number of nitrogens with two attached hydrogens (primary N) is 1. The van der Waals surface area contributed by atoms with Gasteiger partial charge in [0.15, 0.2) is 0 Å². The summed E-state index contributed by atoms with van der Waals surface area (Å²) < 4.78 is 7.68. The Bertz CT molecular complexity index is 297. The van der Waals surface area contributed by atoms with Gasteiger partial charge in [0.25, 0.3) is 0 Å². The third kappa shape index (κ3) is 1.96. The summed E-state index contributed by atoms with van der Waals surface area (Å²) in [6, 6.07) is 0. The van der Waals surface area contributed by atoms with Gasteiger partial charge < -0.3 is 10.5 Å². The zero-order valence-electron chi connectivity index (χ0n) is 8.52. The van der Waals surface area contributed by atoms with E-state index in [1.165, 1.54) is 5.56 Å². The molecule has 4 nitrogen and oxygen atoms in total. The van der Waals surface area contributed by atoms with Gasteiger partial charge >= 0.3 is 0 Å². The Morgan fingerprint density at radius 2 is 2.50 bits per heavy atom. The normalized spacial score (nSPS) is 27.0. The van der Waals surface area contributed by atoms with Crippen molar-refractivity contribution in [2.24, 2.45) is 12.8 Å². The second kappa shape index (κ2) is 4.11. The lowest BCUT2D eigenvalue weighted by Gasteiger charge is -2.10. The number of hydrogen-bond donors (Lipinski definition) is 1. The molecular formula is C10H17N3O. The van der Waals surface area contributed by atoms with E-state index in [2.05, 4.69) is 5.10 Å². The van der Waals surface area contributed by atoms with Gasteiger partial charge in [-0.25, -0.2) is 0 Å². The summed E-state index contributed by atoms with van der Waals surface area (Å²) in [5.41, 5.74) is 6.69. The van der Waals surface area contributed by atoms with Gasteiger partial charge in [-0.2, -0.15) is 5.10 Å². The van der Waals surface area contributed by atoms with Crippen LogP contribution < -0.4 is 5.73 Å². The third-order valence-corrected chi connectivity index (χ3v) is 2.69. The topological polar surface area (TPSA) is 53.1 Å². The lowest BCUT2D eigenvalue weighted by molar-refractivity contribution is 0.0414. The van der Waals surface area contributed by atoms with Crippen molar-refractivity contribution in [3.8, 4) is 0 Å². The van der Waals surface area contributed by atoms with E-state index in [-0.39, 0.29) is 6.10 Å². The fourth-order valence-electron chi connectivity index (χ4n) is 1.96. The molecule has 2 N–H and O–H groups in total. The first kappa shape index (κ1) is 9.68. The van der Waals surface area contributed by atoms with E-state index in [0.717, 1.165) is 19.3 Å². The molecule has 14 heavy (non-hydrogen) atoms. The van der Waals surface area contributed by atoms with E-state index >= 15 is 0 Å². The molecule has 0 radical (unpaired) electrons. The molecule has 2 atom stereocenters. The maximum Gasteiger partial charge on any atom is 0.0860 e. The Hall–Kier alpha value is -0.870. The quantitative estimate of drug-likeness (QED) is 0.782. The number of hydrogen-bond acceptors (Lipinski definition) is 3. The molecule has 0 aromatic carbocycles. The Balaban J connectivity index is 1.95. The maximum absolute atomic E-state index is 5.87. The molecule has 0 bridgehead atoms. The lowest BCUT2D eigenvalue weighted by Crippen LogP contribution is -2.12. The second-order valence-corrected chi connectivity index (χ2v) is 3.85. The van der Waals surface area contributed by atoms with Crippen molar-refractivity contribution in [2.75, 3.05) is 6.54 Å². The molecule has 2 unspecified atom stereocenters. The van der Waals surface area contributed by atoms with Crippen LogP contribution >= 0.6 is 0 Å². The molecule has 78 valence electrons. The van der Waals surface area contributed by atoms with E-state index in [1.54, 1.807) is 0 Å². The number of aryl methyl sites for hydroxylation is 1. The van der Waals surface area contributed by atoms with Gasteiger partial charge in [0, 0.05) is 18.8 Å². The predicted molar refractivity (Wildman–Crippen MR) is 53.7 cm³/mol. The first-order chi connectivity index (χ1) is 6.79. The Kier molecular flexibility index (Phi) is 2.84. The second-order valence-electron chi connectivity index (χ2n) is 3.85. The van der Waals surface area contributed by atoms with Crippen molar-refractivity contribution in [3.63, 3.8) is 0 Å². The molecule has 1 aromatic rings. The largest absolute Gasteiger partial charge is 0.370 e. The molecule has 2 rings (SSSR count). The fourth-order valence-corrected chi connectivity index (χ4v) is 1.96. The minimum Gasteiger partial charge on any atom is -0.370 e. The van der Waals surface area contributed by atoms with Crippen molar-refractivity contribution in [2.45, 2.75) is 31.5 Å². The van der Waals surface area contributed by atoms with E-state index in [0.29, 0.717) is 12.6 Å². The first-order valence-corrected chi connectivity index (χ1v) is 5.13. The van der Waals surface area contributed by atoms with Crippen LogP contribution in [0, 0.1) is 0 Å². The van der Waals surface area contributed by atoms with E-state index in [4.69, 9.17) is 10.5 Å². The van der Waals surface area contributed by atoms with Crippen molar-refractivity contribution in [3.05, 3.63) is 18.0 Å². The molecule has 1 fully saturated rings. The van der Waals surface area contributed by atoms with Crippen molar-refractivity contribution < 1.29 is 4.74 Å². The molecule has 0 spiro atoms. The molecule has 4 heteroatoms. The minimum atomic E-state index is 0.236. The third-order valence-electron chi connectivity index (χ3n) is 2.69. The molecule has 1 saturated heterocycles. The minimum absolute atomic E-state index is 0.236. The van der Waals surface area contributed by atoms with Crippen LogP contribution in [0.1, 0.15) is 30.9 Å². The molecule has 0 amide bonds. The summed E-state index contributed by atoms with van der Waals surface area (Å²) in [6.45, 7) is 0.713. The van der Waals surface area contributed by atoms with Crippen LogP contribution in [0.3, 0.4) is 0 Å². The maximum atomic E-state index is 5.87. The Labute approximate surface area is 84.0 Å². The highest BCUT2D eigenvalue weighted by Crippen LogP contribution is 2.33. The van der Waals surface area contributed by atoms with Crippen molar-refractivity contribution in [1.29, 1.82) is 0 Å². The summed E-state index contributed by atoms with van der Waals surface area (Å²) in [6.07, 6.45) is 7.68. The molecule has 1 aromatic heterocycles. The van der Waals surface area contributed by atoms with Gasteiger partial charge in [-0.15, -0.1) is 0 Å². The molecular weight excluding hydrogens is 178 g/mol. The van der Waals surface area contributed by atoms with Crippen LogP contribution in [-0.4, -0.2) is 22.4 Å². The average molecular weight is 195 g/mol. The number of nitrogens with zero attached hydrogens (tertiary/aromatic N) is 2.